The number of carbonyl (C=O) groups is 2. The molecule has 5 heteroatoms. The summed E-state index contributed by atoms with van der Waals surface area (Å²) in [5.74, 6) is -2.31. The van der Waals surface area contributed by atoms with Crippen LogP contribution in [-0.2, 0) is 14.3 Å². The first-order valence-corrected chi connectivity index (χ1v) is 5.13. The Morgan fingerprint density at radius 3 is 2.56 bits per heavy atom. The van der Waals surface area contributed by atoms with Crippen LogP contribution in [0, 0.1) is 5.92 Å². The third-order valence-electron chi connectivity index (χ3n) is 2.53. The van der Waals surface area contributed by atoms with Gasteiger partial charge in [0.15, 0.2) is 0 Å². The minimum Gasteiger partial charge on any atom is -0.481 e. The molecule has 1 aromatic carbocycles. The molecule has 4 nitrogen and oxygen atoms in total. The summed E-state index contributed by atoms with van der Waals surface area (Å²) in [7, 11) is 0. The number of cyclic esters (lactones) is 1. The number of hydrogen-bond donors (Lipinski definition) is 1. The zero-order valence-electron chi connectivity index (χ0n) is 8.22. The van der Waals surface area contributed by atoms with E-state index in [2.05, 4.69) is 0 Å². The highest BCUT2D eigenvalue weighted by atomic mass is 35.5. The van der Waals surface area contributed by atoms with Gasteiger partial charge in [0, 0.05) is 5.02 Å². The average molecular weight is 241 g/mol. The fraction of sp³-hybridized carbons (Fsp3) is 0.273. The average Bonchev–Trinajstić information content (AvgIpc) is 2.61. The van der Waals surface area contributed by atoms with Gasteiger partial charge in [-0.2, -0.15) is 0 Å². The van der Waals surface area contributed by atoms with Crippen molar-refractivity contribution in [2.45, 2.75) is 12.5 Å². The minimum absolute atomic E-state index is 0.0807. The van der Waals surface area contributed by atoms with E-state index in [1.54, 1.807) is 24.3 Å². The van der Waals surface area contributed by atoms with E-state index in [0.717, 1.165) is 0 Å². The molecule has 84 valence electrons. The molecule has 0 aliphatic carbocycles. The van der Waals surface area contributed by atoms with Gasteiger partial charge in [-0.1, -0.05) is 23.7 Å². The number of carboxylic acid groups (broad SMARTS) is 1. The van der Waals surface area contributed by atoms with Crippen molar-refractivity contribution >= 4 is 23.5 Å². The van der Waals surface area contributed by atoms with Crippen LogP contribution in [0.15, 0.2) is 24.3 Å². The SMILES string of the molecule is O=C1C[C@@H](C(=O)O)[C@H](c2ccc(Cl)cc2)O1. The highest BCUT2D eigenvalue weighted by Crippen LogP contribution is 2.35. The van der Waals surface area contributed by atoms with Gasteiger partial charge in [-0.05, 0) is 17.7 Å². The second kappa shape index (κ2) is 4.14. The Balaban J connectivity index is 2.28. The van der Waals surface area contributed by atoms with Crippen molar-refractivity contribution in [3.05, 3.63) is 34.9 Å². The van der Waals surface area contributed by atoms with Crippen molar-refractivity contribution in [1.29, 1.82) is 0 Å². The molecular weight excluding hydrogens is 232 g/mol. The fourth-order valence-electron chi connectivity index (χ4n) is 1.73. The maximum atomic E-state index is 11.1. The van der Waals surface area contributed by atoms with Crippen LogP contribution in [0.25, 0.3) is 0 Å². The maximum Gasteiger partial charge on any atom is 0.311 e. The molecule has 0 spiro atoms. The number of hydrogen-bond acceptors (Lipinski definition) is 3. The first-order valence-electron chi connectivity index (χ1n) is 4.75. The maximum absolute atomic E-state index is 11.1. The Labute approximate surface area is 96.8 Å². The Morgan fingerprint density at radius 1 is 1.38 bits per heavy atom. The third-order valence-corrected chi connectivity index (χ3v) is 2.78. The highest BCUT2D eigenvalue weighted by Gasteiger charge is 2.40. The smallest absolute Gasteiger partial charge is 0.311 e. The number of carboxylic acids is 1. The van der Waals surface area contributed by atoms with Crippen molar-refractivity contribution in [2.75, 3.05) is 0 Å². The number of rotatable bonds is 2. The van der Waals surface area contributed by atoms with Crippen LogP contribution >= 0.6 is 11.6 Å². The van der Waals surface area contributed by atoms with E-state index >= 15 is 0 Å². The van der Waals surface area contributed by atoms with Crippen molar-refractivity contribution in [2.24, 2.45) is 5.92 Å². The predicted octanol–water partition coefficient (Wildman–Crippen LogP) is 2.03. The Morgan fingerprint density at radius 2 is 2.00 bits per heavy atom. The molecule has 0 aromatic heterocycles. The zero-order valence-corrected chi connectivity index (χ0v) is 8.98. The number of carbonyl (C=O) groups excluding carboxylic acids is 1. The standard InChI is InChI=1S/C11H9ClO4/c12-7-3-1-6(2-4-7)10-8(11(14)15)5-9(13)16-10/h1-4,8,10H,5H2,(H,14,15)/t8-,10+/m1/s1. The van der Waals surface area contributed by atoms with E-state index in [-0.39, 0.29) is 6.42 Å². The lowest BCUT2D eigenvalue weighted by Crippen LogP contribution is -2.17. The number of halogens is 1. The molecular formula is C11H9ClO4. The second-order valence-electron chi connectivity index (χ2n) is 3.61. The first-order chi connectivity index (χ1) is 7.58. The quantitative estimate of drug-likeness (QED) is 0.804. The summed E-state index contributed by atoms with van der Waals surface area (Å²) < 4.78 is 5.00. The Hall–Kier alpha value is -1.55. The van der Waals surface area contributed by atoms with Crippen LogP contribution in [-0.4, -0.2) is 17.0 Å². The van der Waals surface area contributed by atoms with Gasteiger partial charge in [0.2, 0.25) is 0 Å². The normalized spacial score (nSPS) is 24.2. The van der Waals surface area contributed by atoms with Crippen LogP contribution < -0.4 is 0 Å². The summed E-state index contributed by atoms with van der Waals surface area (Å²) >= 11 is 5.72. The lowest BCUT2D eigenvalue weighted by atomic mass is 9.95. The van der Waals surface area contributed by atoms with E-state index < -0.39 is 24.0 Å². The van der Waals surface area contributed by atoms with E-state index in [4.69, 9.17) is 21.4 Å². The van der Waals surface area contributed by atoms with Crippen LogP contribution in [0.4, 0.5) is 0 Å². The molecule has 0 saturated carbocycles. The summed E-state index contributed by atoms with van der Waals surface area (Å²) in [6, 6.07) is 6.62. The molecule has 1 N–H and O–H groups in total. The molecule has 0 amide bonds. The van der Waals surface area contributed by atoms with Gasteiger partial charge in [0.05, 0.1) is 6.42 Å². The number of benzene rings is 1. The molecule has 0 radical (unpaired) electrons. The van der Waals surface area contributed by atoms with Crippen LogP contribution in [0.5, 0.6) is 0 Å². The molecule has 0 bridgehead atoms. The molecule has 1 saturated heterocycles. The minimum atomic E-state index is -1.02. The Kier molecular flexibility index (Phi) is 2.83. The van der Waals surface area contributed by atoms with E-state index in [1.165, 1.54) is 0 Å². The predicted molar refractivity (Wildman–Crippen MR) is 56.0 cm³/mol. The van der Waals surface area contributed by atoms with E-state index in [0.29, 0.717) is 10.6 Å². The third kappa shape index (κ3) is 2.02. The topological polar surface area (TPSA) is 63.6 Å². The van der Waals surface area contributed by atoms with Gasteiger partial charge in [0.1, 0.15) is 12.0 Å². The van der Waals surface area contributed by atoms with Crippen molar-refractivity contribution in [3.63, 3.8) is 0 Å². The summed E-state index contributed by atoms with van der Waals surface area (Å²) in [6.07, 6.45) is -0.787. The van der Waals surface area contributed by atoms with Crippen LogP contribution in [0.1, 0.15) is 18.1 Å². The van der Waals surface area contributed by atoms with Gasteiger partial charge in [-0.3, -0.25) is 9.59 Å². The van der Waals surface area contributed by atoms with Crippen molar-refractivity contribution < 1.29 is 19.4 Å². The highest BCUT2D eigenvalue weighted by molar-refractivity contribution is 6.30. The molecule has 1 aliphatic heterocycles. The molecule has 1 aromatic rings. The summed E-state index contributed by atoms with van der Waals surface area (Å²) in [6.45, 7) is 0. The monoisotopic (exact) mass is 240 g/mol. The van der Waals surface area contributed by atoms with Gasteiger partial charge in [-0.15, -0.1) is 0 Å². The fourth-order valence-corrected chi connectivity index (χ4v) is 1.85. The van der Waals surface area contributed by atoms with Crippen molar-refractivity contribution in [3.8, 4) is 0 Å². The molecule has 1 fully saturated rings. The molecule has 0 unspecified atom stereocenters. The Bertz CT molecular complexity index is 426. The number of esters is 1. The van der Waals surface area contributed by atoms with Gasteiger partial charge < -0.3 is 9.84 Å². The van der Waals surface area contributed by atoms with Crippen LogP contribution in [0.3, 0.4) is 0 Å². The van der Waals surface area contributed by atoms with Gasteiger partial charge in [0.25, 0.3) is 0 Å². The first kappa shape index (κ1) is 11.0. The van der Waals surface area contributed by atoms with Crippen molar-refractivity contribution in [1.82, 2.24) is 0 Å². The van der Waals surface area contributed by atoms with Crippen LogP contribution in [0.2, 0.25) is 5.02 Å². The molecule has 2 atom stereocenters. The van der Waals surface area contributed by atoms with Gasteiger partial charge >= 0.3 is 11.9 Å². The number of ether oxygens (including phenoxy) is 1. The summed E-state index contributed by atoms with van der Waals surface area (Å²) in [4.78, 5) is 22.0. The second-order valence-corrected chi connectivity index (χ2v) is 4.05. The van der Waals surface area contributed by atoms with E-state index in [9.17, 15) is 9.59 Å². The number of aliphatic carboxylic acids is 1. The molecule has 16 heavy (non-hydrogen) atoms. The largest absolute Gasteiger partial charge is 0.481 e. The summed E-state index contributed by atoms with van der Waals surface area (Å²) in [5.41, 5.74) is 0.655. The molecule has 2 rings (SSSR count). The lowest BCUT2D eigenvalue weighted by Gasteiger charge is -2.14. The lowest BCUT2D eigenvalue weighted by molar-refractivity contribution is -0.144. The molecule has 1 heterocycles. The zero-order chi connectivity index (χ0) is 11.7. The summed E-state index contributed by atoms with van der Waals surface area (Å²) in [5, 5.41) is 9.51. The van der Waals surface area contributed by atoms with E-state index in [1.807, 2.05) is 0 Å². The molecule has 1 aliphatic rings. The van der Waals surface area contributed by atoms with Gasteiger partial charge in [-0.25, -0.2) is 0 Å².